The summed E-state index contributed by atoms with van der Waals surface area (Å²) in [6.45, 7) is 0.679. The van der Waals surface area contributed by atoms with E-state index in [4.69, 9.17) is 28.9 Å². The van der Waals surface area contributed by atoms with Gasteiger partial charge in [0, 0.05) is 29.7 Å². The second-order valence-corrected chi connectivity index (χ2v) is 6.86. The summed E-state index contributed by atoms with van der Waals surface area (Å²) in [7, 11) is 0. The highest BCUT2D eigenvalue weighted by Crippen LogP contribution is 2.34. The average molecular weight is 465 g/mol. The molecule has 2 heterocycles. The lowest BCUT2D eigenvalue weighted by Gasteiger charge is -2.09. The van der Waals surface area contributed by atoms with Gasteiger partial charge in [0.15, 0.2) is 17.7 Å². The van der Waals surface area contributed by atoms with Gasteiger partial charge >= 0.3 is 11.5 Å². The summed E-state index contributed by atoms with van der Waals surface area (Å²) in [5.74, 6) is -0.00922. The third-order valence-corrected chi connectivity index (χ3v) is 4.50. The summed E-state index contributed by atoms with van der Waals surface area (Å²) < 4.78 is 0. The minimum atomic E-state index is -0.650. The number of nitrogen functional groups attached to an aromatic ring is 1. The molecule has 160 valence electrons. The van der Waals surface area contributed by atoms with Crippen molar-refractivity contribution in [3.63, 3.8) is 0 Å². The molecule has 0 unspecified atom stereocenters. The maximum absolute atomic E-state index is 11.3. The second kappa shape index (κ2) is 9.36. The molecule has 0 aliphatic carbocycles. The Morgan fingerprint density at radius 3 is 2.29 bits per heavy atom. The normalized spacial score (nSPS) is 10.5. The van der Waals surface area contributed by atoms with Gasteiger partial charge in [-0.25, -0.2) is 9.97 Å². The van der Waals surface area contributed by atoms with E-state index >= 15 is 0 Å². The molecule has 12 nitrogen and oxygen atoms in total. The van der Waals surface area contributed by atoms with Crippen molar-refractivity contribution in [2.75, 3.05) is 29.5 Å². The molecule has 0 bridgehead atoms. The Balaban J connectivity index is 1.70. The summed E-state index contributed by atoms with van der Waals surface area (Å²) in [6, 6.07) is 7.21. The van der Waals surface area contributed by atoms with Crippen LogP contribution in [0, 0.1) is 20.2 Å². The van der Waals surface area contributed by atoms with Crippen LogP contribution in [0.2, 0.25) is 10.0 Å². The molecule has 0 amide bonds. The van der Waals surface area contributed by atoms with Crippen molar-refractivity contribution < 1.29 is 9.85 Å². The molecule has 3 aromatic rings. The van der Waals surface area contributed by atoms with E-state index in [1.807, 2.05) is 0 Å². The second-order valence-electron chi connectivity index (χ2n) is 6.02. The third-order valence-electron chi connectivity index (χ3n) is 3.95. The average Bonchev–Trinajstić information content (AvgIpc) is 2.71. The highest BCUT2D eigenvalue weighted by Gasteiger charge is 2.22. The third kappa shape index (κ3) is 5.24. The minimum absolute atomic E-state index is 0.00515. The molecule has 1 aromatic carbocycles. The van der Waals surface area contributed by atoms with Crippen molar-refractivity contribution >= 4 is 52.2 Å². The van der Waals surface area contributed by atoms with E-state index in [2.05, 4.69) is 25.6 Å². The van der Waals surface area contributed by atoms with Crippen LogP contribution in [0.4, 0.5) is 29.0 Å². The summed E-state index contributed by atoms with van der Waals surface area (Å²) in [5.41, 5.74) is 5.58. The van der Waals surface area contributed by atoms with E-state index < -0.39 is 15.7 Å². The summed E-state index contributed by atoms with van der Waals surface area (Å²) in [5, 5.41) is 28.6. The van der Waals surface area contributed by atoms with E-state index in [-0.39, 0.29) is 28.0 Å². The maximum Gasteiger partial charge on any atom is 0.390 e. The summed E-state index contributed by atoms with van der Waals surface area (Å²) >= 11 is 12.1. The quantitative estimate of drug-likeness (QED) is 0.252. The Morgan fingerprint density at radius 2 is 1.68 bits per heavy atom. The number of benzene rings is 1. The first-order valence-electron chi connectivity index (χ1n) is 8.61. The van der Waals surface area contributed by atoms with Crippen molar-refractivity contribution in [1.29, 1.82) is 0 Å². The van der Waals surface area contributed by atoms with E-state index in [1.165, 1.54) is 30.5 Å². The minimum Gasteiger partial charge on any atom is -0.378 e. The van der Waals surface area contributed by atoms with Crippen molar-refractivity contribution in [1.82, 2.24) is 15.0 Å². The van der Waals surface area contributed by atoms with Crippen molar-refractivity contribution in [3.05, 3.63) is 66.8 Å². The zero-order valence-corrected chi connectivity index (χ0v) is 17.1. The molecular formula is C17H14Cl2N8O4. The zero-order chi connectivity index (χ0) is 22.5. The standard InChI is InChI=1S/C17H14Cl2N8O4/c18-9-1-2-10(11(19)7-9)15-17(27(30)31)23-8-14(24-15)22-6-5-21-13-4-3-12(26(28)29)16(20)25-13/h1-4,7-8H,5-6H2,(H,22,24)(H3,20,21,25). The smallest absolute Gasteiger partial charge is 0.378 e. The first-order chi connectivity index (χ1) is 14.8. The molecule has 14 heteroatoms. The summed E-state index contributed by atoms with van der Waals surface area (Å²) in [6.07, 6.45) is 1.23. The highest BCUT2D eigenvalue weighted by molar-refractivity contribution is 6.36. The number of halogens is 2. The Morgan fingerprint density at radius 1 is 0.968 bits per heavy atom. The zero-order valence-electron chi connectivity index (χ0n) is 15.6. The molecule has 0 saturated heterocycles. The Labute approximate surface area is 184 Å². The number of hydrogen-bond donors (Lipinski definition) is 3. The van der Waals surface area contributed by atoms with Gasteiger partial charge in [-0.05, 0) is 34.2 Å². The van der Waals surface area contributed by atoms with Gasteiger partial charge in [-0.1, -0.05) is 23.2 Å². The largest absolute Gasteiger partial charge is 0.390 e. The number of nitro groups is 2. The number of nitrogens with two attached hydrogens (primary N) is 1. The van der Waals surface area contributed by atoms with Crippen molar-refractivity contribution in [2.24, 2.45) is 0 Å². The molecule has 31 heavy (non-hydrogen) atoms. The van der Waals surface area contributed by atoms with Crippen LogP contribution >= 0.6 is 23.2 Å². The molecule has 0 spiro atoms. The molecule has 0 saturated carbocycles. The van der Waals surface area contributed by atoms with Gasteiger partial charge in [-0.2, -0.15) is 0 Å². The molecule has 0 aliphatic heterocycles. The van der Waals surface area contributed by atoms with Gasteiger partial charge in [0.05, 0.1) is 9.95 Å². The van der Waals surface area contributed by atoms with Crippen molar-refractivity contribution in [3.8, 4) is 11.3 Å². The fourth-order valence-corrected chi connectivity index (χ4v) is 3.06. The lowest BCUT2D eigenvalue weighted by atomic mass is 10.1. The molecular weight excluding hydrogens is 451 g/mol. The monoisotopic (exact) mass is 464 g/mol. The fraction of sp³-hybridized carbons (Fsp3) is 0.118. The number of nitrogens with one attached hydrogen (secondary N) is 2. The number of rotatable bonds is 8. The Bertz CT molecular complexity index is 1160. The highest BCUT2D eigenvalue weighted by atomic mass is 35.5. The van der Waals surface area contributed by atoms with E-state index in [0.29, 0.717) is 29.5 Å². The van der Waals surface area contributed by atoms with Gasteiger partial charge in [0.1, 0.15) is 5.82 Å². The molecule has 2 aromatic heterocycles. The molecule has 3 rings (SSSR count). The van der Waals surface area contributed by atoms with Crippen LogP contribution in [0.1, 0.15) is 0 Å². The fourth-order valence-electron chi connectivity index (χ4n) is 2.57. The molecule has 4 N–H and O–H groups in total. The molecule has 0 aliphatic rings. The maximum atomic E-state index is 11.3. The molecule has 0 fully saturated rings. The lowest BCUT2D eigenvalue weighted by molar-refractivity contribution is -0.389. The van der Waals surface area contributed by atoms with Crippen LogP contribution in [0.5, 0.6) is 0 Å². The predicted molar refractivity (Wildman–Crippen MR) is 116 cm³/mol. The Hall–Kier alpha value is -3.77. The van der Waals surface area contributed by atoms with Crippen LogP contribution < -0.4 is 16.4 Å². The number of hydrogen-bond acceptors (Lipinski definition) is 10. The van der Waals surface area contributed by atoms with Crippen LogP contribution in [-0.2, 0) is 0 Å². The number of nitrogens with zero attached hydrogens (tertiary/aromatic N) is 5. The van der Waals surface area contributed by atoms with E-state index in [9.17, 15) is 20.2 Å². The summed E-state index contributed by atoms with van der Waals surface area (Å²) in [4.78, 5) is 32.9. The Kier molecular flexibility index (Phi) is 6.62. The van der Waals surface area contributed by atoms with E-state index in [0.717, 1.165) is 0 Å². The van der Waals surface area contributed by atoms with Gasteiger partial charge in [-0.3, -0.25) is 10.1 Å². The van der Waals surface area contributed by atoms with E-state index in [1.54, 1.807) is 6.07 Å². The van der Waals surface area contributed by atoms with Gasteiger partial charge in [0.25, 0.3) is 0 Å². The number of aromatic nitrogens is 3. The SMILES string of the molecule is Nc1nc(NCCNc2cnc([N+](=O)[O-])c(-c3ccc(Cl)cc3Cl)n2)ccc1[N+](=O)[O-]. The first kappa shape index (κ1) is 21.9. The number of pyridine rings is 1. The predicted octanol–water partition coefficient (Wildman–Crippen LogP) is 3.77. The topological polar surface area (TPSA) is 175 Å². The van der Waals surface area contributed by atoms with Crippen LogP contribution in [0.15, 0.2) is 36.5 Å². The van der Waals surface area contributed by atoms with Crippen LogP contribution in [0.25, 0.3) is 11.3 Å². The number of anilines is 3. The van der Waals surface area contributed by atoms with Crippen LogP contribution in [-0.4, -0.2) is 37.9 Å². The molecule has 0 atom stereocenters. The van der Waals surface area contributed by atoms with Gasteiger partial charge < -0.3 is 26.5 Å². The lowest BCUT2D eigenvalue weighted by Crippen LogP contribution is -2.16. The first-order valence-corrected chi connectivity index (χ1v) is 9.37. The van der Waals surface area contributed by atoms with Gasteiger partial charge in [-0.15, -0.1) is 0 Å². The molecule has 0 radical (unpaired) electrons. The van der Waals surface area contributed by atoms with Crippen LogP contribution in [0.3, 0.4) is 0 Å². The van der Waals surface area contributed by atoms with Crippen molar-refractivity contribution in [2.45, 2.75) is 0 Å². The van der Waals surface area contributed by atoms with Gasteiger partial charge in [0.2, 0.25) is 5.82 Å².